The van der Waals surface area contributed by atoms with Crippen LogP contribution in [0.15, 0.2) is 16.6 Å². The maximum atomic E-state index is 13.4. The van der Waals surface area contributed by atoms with Gasteiger partial charge in [-0.05, 0) is 12.1 Å². The molecule has 0 aliphatic rings. The molecule has 2 N–H and O–H groups in total. The van der Waals surface area contributed by atoms with Crippen LogP contribution in [-0.2, 0) is 9.53 Å². The van der Waals surface area contributed by atoms with Gasteiger partial charge in [-0.1, -0.05) is 15.9 Å². The van der Waals surface area contributed by atoms with Gasteiger partial charge < -0.3 is 15.2 Å². The second-order valence-electron chi connectivity index (χ2n) is 3.49. The molecule has 0 fully saturated rings. The number of carbonyl (C=O) groups is 2. The first-order valence-electron chi connectivity index (χ1n) is 5.05. The van der Waals surface area contributed by atoms with E-state index >= 15 is 0 Å². The number of benzene rings is 1. The van der Waals surface area contributed by atoms with E-state index in [9.17, 15) is 23.5 Å². The third kappa shape index (κ3) is 3.97. The Morgan fingerprint density at radius 2 is 1.95 bits per heavy atom. The van der Waals surface area contributed by atoms with Gasteiger partial charge in [-0.15, -0.1) is 0 Å². The van der Waals surface area contributed by atoms with Crippen molar-refractivity contribution in [3.63, 3.8) is 0 Å². The summed E-state index contributed by atoms with van der Waals surface area (Å²) in [4.78, 5) is 22.4. The van der Waals surface area contributed by atoms with Crippen LogP contribution in [0.1, 0.15) is 10.4 Å². The molecule has 19 heavy (non-hydrogen) atoms. The van der Waals surface area contributed by atoms with Crippen molar-refractivity contribution in [2.75, 3.05) is 13.7 Å². The van der Waals surface area contributed by atoms with E-state index in [1.54, 1.807) is 0 Å². The minimum atomic E-state index is -1.60. The van der Waals surface area contributed by atoms with Crippen molar-refractivity contribution in [2.24, 2.45) is 0 Å². The molecule has 1 aromatic carbocycles. The van der Waals surface area contributed by atoms with Crippen LogP contribution in [0, 0.1) is 11.6 Å². The van der Waals surface area contributed by atoms with Gasteiger partial charge in [-0.3, -0.25) is 4.79 Å². The number of aliphatic hydroxyl groups is 1. The molecule has 0 saturated heterocycles. The Morgan fingerprint density at radius 1 is 1.42 bits per heavy atom. The summed E-state index contributed by atoms with van der Waals surface area (Å²) >= 11 is 2.87. The van der Waals surface area contributed by atoms with Crippen molar-refractivity contribution < 1.29 is 28.2 Å². The van der Waals surface area contributed by atoms with Crippen molar-refractivity contribution in [3.8, 4) is 0 Å². The van der Waals surface area contributed by atoms with Crippen LogP contribution in [0.2, 0.25) is 0 Å². The third-order valence-electron chi connectivity index (χ3n) is 2.16. The fraction of sp³-hybridized carbons (Fsp3) is 0.273. The van der Waals surface area contributed by atoms with Crippen LogP contribution in [0.3, 0.4) is 0 Å². The van der Waals surface area contributed by atoms with Crippen LogP contribution in [-0.4, -0.2) is 36.7 Å². The molecular weight excluding hydrogens is 328 g/mol. The fourth-order valence-electron chi connectivity index (χ4n) is 1.26. The van der Waals surface area contributed by atoms with Gasteiger partial charge in [-0.25, -0.2) is 13.6 Å². The van der Waals surface area contributed by atoms with Crippen LogP contribution >= 0.6 is 15.9 Å². The molecule has 1 aromatic rings. The summed E-state index contributed by atoms with van der Waals surface area (Å²) in [6.07, 6.45) is -1.60. The molecular formula is C11H10BrF2NO4. The molecule has 8 heteroatoms. The van der Waals surface area contributed by atoms with E-state index in [0.29, 0.717) is 0 Å². The Labute approximate surface area is 115 Å². The lowest BCUT2D eigenvalue weighted by Crippen LogP contribution is -2.37. The topological polar surface area (TPSA) is 75.6 Å². The smallest absolute Gasteiger partial charge is 0.336 e. The second kappa shape index (κ2) is 6.58. The first-order valence-corrected chi connectivity index (χ1v) is 5.84. The van der Waals surface area contributed by atoms with Crippen LogP contribution in [0.25, 0.3) is 0 Å². The highest BCUT2D eigenvalue weighted by atomic mass is 79.9. The highest BCUT2D eigenvalue weighted by molar-refractivity contribution is 9.10. The van der Waals surface area contributed by atoms with Gasteiger partial charge in [0, 0.05) is 4.47 Å². The minimum Gasteiger partial charge on any atom is -0.467 e. The molecule has 0 spiro atoms. The Kier molecular flexibility index (Phi) is 5.37. The summed E-state index contributed by atoms with van der Waals surface area (Å²) in [6, 6.07) is 1.85. The van der Waals surface area contributed by atoms with Gasteiger partial charge in [0.15, 0.2) is 6.10 Å². The summed E-state index contributed by atoms with van der Waals surface area (Å²) in [5.41, 5.74) is -0.791. The normalized spacial score (nSPS) is 11.8. The highest BCUT2D eigenvalue weighted by Crippen LogP contribution is 2.19. The van der Waals surface area contributed by atoms with E-state index in [2.05, 4.69) is 20.7 Å². The average molecular weight is 338 g/mol. The molecule has 0 aliphatic heterocycles. The molecule has 104 valence electrons. The van der Waals surface area contributed by atoms with Crippen molar-refractivity contribution in [2.45, 2.75) is 6.10 Å². The zero-order chi connectivity index (χ0) is 14.6. The minimum absolute atomic E-state index is 0.147. The number of rotatable bonds is 4. The molecule has 0 heterocycles. The van der Waals surface area contributed by atoms with Gasteiger partial charge >= 0.3 is 5.97 Å². The van der Waals surface area contributed by atoms with Crippen molar-refractivity contribution in [3.05, 3.63) is 33.8 Å². The quantitative estimate of drug-likeness (QED) is 0.803. The number of halogens is 3. The van der Waals surface area contributed by atoms with Gasteiger partial charge in [0.05, 0.1) is 13.7 Å². The predicted molar refractivity (Wildman–Crippen MR) is 64.4 cm³/mol. The molecule has 1 atom stereocenters. The molecule has 1 amide bonds. The van der Waals surface area contributed by atoms with E-state index in [1.165, 1.54) is 0 Å². The molecule has 1 rings (SSSR count). The van der Waals surface area contributed by atoms with Crippen LogP contribution in [0.4, 0.5) is 8.78 Å². The maximum absolute atomic E-state index is 13.4. The third-order valence-corrected chi connectivity index (χ3v) is 2.62. The van der Waals surface area contributed by atoms with E-state index in [0.717, 1.165) is 19.2 Å². The van der Waals surface area contributed by atoms with Gasteiger partial charge in [-0.2, -0.15) is 0 Å². The molecule has 0 aromatic heterocycles. The van der Waals surface area contributed by atoms with E-state index in [-0.39, 0.29) is 4.47 Å². The number of methoxy groups -OCH3 is 1. The van der Waals surface area contributed by atoms with Gasteiger partial charge in [0.2, 0.25) is 0 Å². The van der Waals surface area contributed by atoms with E-state index < -0.39 is 41.7 Å². The summed E-state index contributed by atoms with van der Waals surface area (Å²) in [5.74, 6) is -4.16. The second-order valence-corrected chi connectivity index (χ2v) is 4.41. The number of nitrogens with one attached hydrogen (secondary N) is 1. The van der Waals surface area contributed by atoms with E-state index in [4.69, 9.17) is 0 Å². The van der Waals surface area contributed by atoms with Gasteiger partial charge in [0.25, 0.3) is 5.91 Å². The molecule has 1 unspecified atom stereocenters. The van der Waals surface area contributed by atoms with Gasteiger partial charge in [0.1, 0.15) is 17.2 Å². The Hall–Kier alpha value is -1.54. The number of hydrogen-bond donors (Lipinski definition) is 2. The number of hydrogen-bond acceptors (Lipinski definition) is 4. The van der Waals surface area contributed by atoms with Crippen molar-refractivity contribution in [1.29, 1.82) is 0 Å². The zero-order valence-corrected chi connectivity index (χ0v) is 11.3. The number of aliphatic hydroxyl groups excluding tert-OH is 1. The largest absolute Gasteiger partial charge is 0.467 e. The summed E-state index contributed by atoms with van der Waals surface area (Å²) < 4.78 is 31.2. The fourth-order valence-corrected chi connectivity index (χ4v) is 1.66. The summed E-state index contributed by atoms with van der Waals surface area (Å²) in [7, 11) is 1.06. The molecule has 0 bridgehead atoms. The number of amides is 1. The van der Waals surface area contributed by atoms with E-state index in [1.807, 2.05) is 5.32 Å². The van der Waals surface area contributed by atoms with Crippen molar-refractivity contribution in [1.82, 2.24) is 5.32 Å². The SMILES string of the molecule is COC(=O)C(O)CNC(=O)c1c(F)cc(Br)cc1F. The first-order chi connectivity index (χ1) is 8.86. The Balaban J connectivity index is 2.77. The molecule has 0 saturated carbocycles. The molecule has 0 aliphatic carbocycles. The van der Waals surface area contributed by atoms with Crippen LogP contribution in [0.5, 0.6) is 0 Å². The Morgan fingerprint density at radius 3 is 2.42 bits per heavy atom. The Bertz CT molecular complexity index is 486. The standard InChI is InChI=1S/C11H10BrF2NO4/c1-19-11(18)8(16)4-15-10(17)9-6(13)2-5(12)3-7(9)14/h2-3,8,16H,4H2,1H3,(H,15,17). The lowest BCUT2D eigenvalue weighted by atomic mass is 10.2. The summed E-state index contributed by atoms with van der Waals surface area (Å²) in [6.45, 7) is -0.513. The van der Waals surface area contributed by atoms with Crippen LogP contribution < -0.4 is 5.32 Å². The average Bonchev–Trinajstić information content (AvgIpc) is 2.33. The zero-order valence-electron chi connectivity index (χ0n) is 9.75. The first kappa shape index (κ1) is 15.5. The highest BCUT2D eigenvalue weighted by Gasteiger charge is 2.21. The lowest BCUT2D eigenvalue weighted by molar-refractivity contribution is -0.149. The predicted octanol–water partition coefficient (Wildman–Crippen LogP) is 0.991. The number of esters is 1. The maximum Gasteiger partial charge on any atom is 0.336 e. The molecule has 0 radical (unpaired) electrons. The molecule has 5 nitrogen and oxygen atoms in total. The summed E-state index contributed by atoms with van der Waals surface area (Å²) in [5, 5.41) is 11.2. The number of carbonyl (C=O) groups excluding carboxylic acids is 2. The van der Waals surface area contributed by atoms with Crippen molar-refractivity contribution >= 4 is 27.8 Å². The monoisotopic (exact) mass is 337 g/mol. The number of ether oxygens (including phenoxy) is 1. The lowest BCUT2D eigenvalue weighted by Gasteiger charge is -2.10.